The highest BCUT2D eigenvalue weighted by molar-refractivity contribution is 5.77. The fourth-order valence-corrected chi connectivity index (χ4v) is 2.83. The second-order valence-electron chi connectivity index (χ2n) is 5.45. The molecule has 2 fully saturated rings. The van der Waals surface area contributed by atoms with Crippen molar-refractivity contribution in [1.82, 2.24) is 9.80 Å². The molecule has 19 heavy (non-hydrogen) atoms. The van der Waals surface area contributed by atoms with E-state index in [0.717, 1.165) is 32.4 Å². The molecule has 2 rings (SSSR count). The van der Waals surface area contributed by atoms with Crippen molar-refractivity contribution >= 4 is 5.91 Å². The molecule has 1 amide bonds. The van der Waals surface area contributed by atoms with Crippen molar-refractivity contribution < 1.29 is 18.0 Å². The Balaban J connectivity index is 1.81. The van der Waals surface area contributed by atoms with E-state index in [1.165, 1.54) is 4.90 Å². The van der Waals surface area contributed by atoms with Crippen molar-refractivity contribution in [2.75, 3.05) is 26.2 Å². The molecule has 0 spiro atoms. The van der Waals surface area contributed by atoms with E-state index in [-0.39, 0.29) is 12.1 Å². The van der Waals surface area contributed by atoms with Gasteiger partial charge in [-0.1, -0.05) is 0 Å². The van der Waals surface area contributed by atoms with Crippen LogP contribution >= 0.6 is 0 Å². The number of hydrogen-bond acceptors (Lipinski definition) is 3. The van der Waals surface area contributed by atoms with Gasteiger partial charge in [0.15, 0.2) is 0 Å². The number of alkyl halides is 3. The van der Waals surface area contributed by atoms with Crippen LogP contribution < -0.4 is 5.73 Å². The van der Waals surface area contributed by atoms with Crippen molar-refractivity contribution in [3.05, 3.63) is 0 Å². The minimum absolute atomic E-state index is 0.199. The number of likely N-dealkylation sites (tertiary alicyclic amines) is 2. The highest BCUT2D eigenvalue weighted by atomic mass is 19.4. The van der Waals surface area contributed by atoms with E-state index >= 15 is 0 Å². The molecule has 2 aliphatic rings. The zero-order valence-electron chi connectivity index (χ0n) is 10.8. The summed E-state index contributed by atoms with van der Waals surface area (Å²) in [7, 11) is 0. The third kappa shape index (κ3) is 4.07. The van der Waals surface area contributed by atoms with E-state index in [2.05, 4.69) is 4.90 Å². The van der Waals surface area contributed by atoms with Gasteiger partial charge in [0.2, 0.25) is 5.91 Å². The van der Waals surface area contributed by atoms with Gasteiger partial charge >= 0.3 is 6.18 Å². The molecule has 0 aliphatic carbocycles. The second-order valence-corrected chi connectivity index (χ2v) is 5.45. The lowest BCUT2D eigenvalue weighted by molar-refractivity contribution is -0.160. The predicted octanol–water partition coefficient (Wildman–Crippen LogP) is 0.963. The lowest BCUT2D eigenvalue weighted by Gasteiger charge is -2.34. The highest BCUT2D eigenvalue weighted by Crippen LogP contribution is 2.24. The Morgan fingerprint density at radius 1 is 1.16 bits per heavy atom. The molecular formula is C12H20F3N3O. The second kappa shape index (κ2) is 5.66. The maximum absolute atomic E-state index is 12.2. The third-order valence-corrected chi connectivity index (χ3v) is 3.96. The molecule has 2 N–H and O–H groups in total. The number of amides is 1. The molecule has 0 bridgehead atoms. The van der Waals surface area contributed by atoms with Crippen LogP contribution in [0.2, 0.25) is 0 Å². The normalized spacial score (nSPS) is 26.9. The molecule has 2 aliphatic heterocycles. The van der Waals surface area contributed by atoms with Gasteiger partial charge in [0, 0.05) is 25.2 Å². The fraction of sp³-hybridized carbons (Fsp3) is 0.917. The molecule has 1 atom stereocenters. The van der Waals surface area contributed by atoms with Gasteiger partial charge in [-0.2, -0.15) is 13.2 Å². The van der Waals surface area contributed by atoms with Crippen molar-refractivity contribution in [3.8, 4) is 0 Å². The number of nitrogens with two attached hydrogens (primary N) is 1. The lowest BCUT2D eigenvalue weighted by Crippen LogP contribution is -2.46. The summed E-state index contributed by atoms with van der Waals surface area (Å²) in [5.74, 6) is -0.802. The standard InChI is InChI=1S/C12H20F3N3O/c13-12(14,15)7-11(19)18-6-3-10(8-18)17-4-1-9(16)2-5-17/h9-10H,1-8,16H2. The Morgan fingerprint density at radius 2 is 1.79 bits per heavy atom. The Kier molecular flexibility index (Phi) is 4.35. The molecule has 0 aromatic carbocycles. The van der Waals surface area contributed by atoms with Crippen LogP contribution in [-0.2, 0) is 4.79 Å². The highest BCUT2D eigenvalue weighted by Gasteiger charge is 2.37. The van der Waals surface area contributed by atoms with Gasteiger partial charge in [-0.15, -0.1) is 0 Å². The first kappa shape index (κ1) is 14.6. The molecule has 0 saturated carbocycles. The lowest BCUT2D eigenvalue weighted by atomic mass is 10.0. The summed E-state index contributed by atoms with van der Waals surface area (Å²) in [4.78, 5) is 15.1. The smallest absolute Gasteiger partial charge is 0.341 e. The molecule has 0 radical (unpaired) electrons. The zero-order chi connectivity index (χ0) is 14.0. The Morgan fingerprint density at radius 3 is 2.37 bits per heavy atom. The van der Waals surface area contributed by atoms with E-state index in [1.54, 1.807) is 0 Å². The maximum atomic E-state index is 12.2. The van der Waals surface area contributed by atoms with Crippen LogP contribution in [0.5, 0.6) is 0 Å². The number of halogens is 3. The Hall–Kier alpha value is -0.820. The third-order valence-electron chi connectivity index (χ3n) is 3.96. The first-order valence-corrected chi connectivity index (χ1v) is 6.69. The van der Waals surface area contributed by atoms with Crippen molar-refractivity contribution in [2.45, 2.75) is 43.9 Å². The summed E-state index contributed by atoms with van der Waals surface area (Å²) in [5, 5.41) is 0. The van der Waals surface area contributed by atoms with Gasteiger partial charge in [0.05, 0.1) is 0 Å². The van der Waals surface area contributed by atoms with Gasteiger partial charge < -0.3 is 10.6 Å². The van der Waals surface area contributed by atoms with Crippen LogP contribution in [-0.4, -0.2) is 60.1 Å². The number of rotatable bonds is 2. The summed E-state index contributed by atoms with van der Waals surface area (Å²) >= 11 is 0. The average Bonchev–Trinajstić information content (AvgIpc) is 2.77. The van der Waals surface area contributed by atoms with Gasteiger partial charge in [-0.05, 0) is 32.4 Å². The van der Waals surface area contributed by atoms with Crippen LogP contribution in [0.25, 0.3) is 0 Å². The quantitative estimate of drug-likeness (QED) is 0.819. The molecular weight excluding hydrogens is 259 g/mol. The van der Waals surface area contributed by atoms with Crippen LogP contribution in [0.1, 0.15) is 25.7 Å². The number of hydrogen-bond donors (Lipinski definition) is 1. The number of carbonyl (C=O) groups is 1. The first-order valence-electron chi connectivity index (χ1n) is 6.69. The van der Waals surface area contributed by atoms with Crippen molar-refractivity contribution in [3.63, 3.8) is 0 Å². The number of carbonyl (C=O) groups excluding carboxylic acids is 1. The van der Waals surface area contributed by atoms with E-state index in [9.17, 15) is 18.0 Å². The molecule has 4 nitrogen and oxygen atoms in total. The molecule has 1 unspecified atom stereocenters. The first-order chi connectivity index (χ1) is 8.85. The van der Waals surface area contributed by atoms with E-state index in [1.807, 2.05) is 0 Å². The average molecular weight is 279 g/mol. The summed E-state index contributed by atoms with van der Waals surface area (Å²) in [6.45, 7) is 2.62. The van der Waals surface area contributed by atoms with Gasteiger partial charge in [0.25, 0.3) is 0 Å². The monoisotopic (exact) mass is 279 g/mol. The van der Waals surface area contributed by atoms with E-state index in [0.29, 0.717) is 13.1 Å². The van der Waals surface area contributed by atoms with Gasteiger partial charge in [0.1, 0.15) is 6.42 Å². The Labute approximate surface area is 110 Å². The molecule has 110 valence electrons. The van der Waals surface area contributed by atoms with E-state index in [4.69, 9.17) is 5.73 Å². The molecule has 0 aromatic heterocycles. The summed E-state index contributed by atoms with van der Waals surface area (Å²) in [5.41, 5.74) is 5.82. The zero-order valence-corrected chi connectivity index (χ0v) is 10.8. The molecule has 0 aromatic rings. The fourth-order valence-electron chi connectivity index (χ4n) is 2.83. The van der Waals surface area contributed by atoms with Crippen LogP contribution in [0, 0.1) is 0 Å². The molecule has 2 saturated heterocycles. The van der Waals surface area contributed by atoms with Crippen LogP contribution in [0.4, 0.5) is 13.2 Å². The molecule has 2 heterocycles. The maximum Gasteiger partial charge on any atom is 0.397 e. The predicted molar refractivity (Wildman–Crippen MR) is 64.4 cm³/mol. The van der Waals surface area contributed by atoms with E-state index < -0.39 is 18.5 Å². The van der Waals surface area contributed by atoms with Crippen molar-refractivity contribution in [1.29, 1.82) is 0 Å². The van der Waals surface area contributed by atoms with Gasteiger partial charge in [-0.25, -0.2) is 0 Å². The minimum atomic E-state index is -4.41. The summed E-state index contributed by atoms with van der Waals surface area (Å²) < 4.78 is 36.5. The number of piperidine rings is 1. The SMILES string of the molecule is NC1CCN(C2CCN(C(=O)CC(F)(F)F)C2)CC1. The summed E-state index contributed by atoms with van der Waals surface area (Å²) in [6, 6.07) is 0.435. The molecule has 7 heteroatoms. The Bertz CT molecular complexity index is 327. The topological polar surface area (TPSA) is 49.6 Å². The van der Waals surface area contributed by atoms with Gasteiger partial charge in [-0.3, -0.25) is 9.69 Å². The number of nitrogens with zero attached hydrogens (tertiary/aromatic N) is 2. The minimum Gasteiger partial charge on any atom is -0.341 e. The van der Waals surface area contributed by atoms with Crippen LogP contribution in [0.3, 0.4) is 0 Å². The van der Waals surface area contributed by atoms with Crippen molar-refractivity contribution in [2.24, 2.45) is 5.73 Å². The van der Waals surface area contributed by atoms with Crippen LogP contribution in [0.15, 0.2) is 0 Å². The largest absolute Gasteiger partial charge is 0.397 e. The summed E-state index contributed by atoms with van der Waals surface area (Å²) in [6.07, 6.45) is -3.14.